The zero-order valence-electron chi connectivity index (χ0n) is 31.9. The summed E-state index contributed by atoms with van der Waals surface area (Å²) in [6, 6.07) is 55.9. The summed E-state index contributed by atoms with van der Waals surface area (Å²) in [6.07, 6.45) is 13.9. The Bertz CT molecular complexity index is 3330. The van der Waals surface area contributed by atoms with Crippen LogP contribution < -0.4 is 0 Å². The van der Waals surface area contributed by atoms with E-state index in [-0.39, 0.29) is 5.75 Å². The normalized spacial score (nSPS) is 14.8. The Hall–Kier alpha value is -7.94. The van der Waals surface area contributed by atoms with Gasteiger partial charge in [0, 0.05) is 49.9 Å². The molecule has 278 valence electrons. The van der Waals surface area contributed by atoms with E-state index in [2.05, 4.69) is 114 Å². The number of terminal acetylenes is 1. The molecular formula is C54H35N3O2. The maximum atomic E-state index is 11.8. The predicted octanol–water partition coefficient (Wildman–Crippen LogP) is 13.0. The summed E-state index contributed by atoms with van der Waals surface area (Å²) in [6.45, 7) is 0. The summed E-state index contributed by atoms with van der Waals surface area (Å²) in [7, 11) is 0. The van der Waals surface area contributed by atoms with Crippen molar-refractivity contribution in [1.29, 1.82) is 0 Å². The van der Waals surface area contributed by atoms with Crippen LogP contribution in [0.15, 0.2) is 193 Å². The van der Waals surface area contributed by atoms with Gasteiger partial charge in [-0.1, -0.05) is 158 Å². The zero-order chi connectivity index (χ0) is 39.5. The second kappa shape index (κ2) is 13.6. The Kier molecular flexibility index (Phi) is 7.92. The van der Waals surface area contributed by atoms with Gasteiger partial charge in [-0.2, -0.15) is 0 Å². The Morgan fingerprint density at radius 2 is 1.37 bits per heavy atom. The number of hydrogen-bond acceptors (Lipinski definition) is 4. The second-order valence-corrected chi connectivity index (χ2v) is 14.9. The molecule has 3 heterocycles. The van der Waals surface area contributed by atoms with Crippen molar-refractivity contribution in [2.75, 3.05) is 0 Å². The van der Waals surface area contributed by atoms with Gasteiger partial charge in [-0.05, 0) is 53.5 Å². The largest absolute Gasteiger partial charge is 0.508 e. The highest BCUT2D eigenvalue weighted by Gasteiger charge is 2.46. The lowest BCUT2D eigenvalue weighted by molar-refractivity contribution is 0.454. The van der Waals surface area contributed by atoms with Crippen LogP contribution in [0.4, 0.5) is 0 Å². The number of phenols is 1. The van der Waals surface area contributed by atoms with Crippen molar-refractivity contribution in [3.8, 4) is 57.7 Å². The molecule has 3 aromatic heterocycles. The fourth-order valence-electron chi connectivity index (χ4n) is 9.41. The third-order valence-electron chi connectivity index (χ3n) is 11.8. The molecule has 0 spiro atoms. The van der Waals surface area contributed by atoms with Crippen molar-refractivity contribution in [2.45, 2.75) is 11.8 Å². The first-order valence-corrected chi connectivity index (χ1v) is 19.7. The van der Waals surface area contributed by atoms with Crippen LogP contribution in [0.1, 0.15) is 23.1 Å². The Morgan fingerprint density at radius 3 is 2.19 bits per heavy atom. The second-order valence-electron chi connectivity index (χ2n) is 14.9. The molecule has 5 heteroatoms. The number of aromatic nitrogens is 3. The fourth-order valence-corrected chi connectivity index (χ4v) is 9.41. The molecule has 1 aliphatic carbocycles. The quantitative estimate of drug-likeness (QED) is 0.130. The molecular weight excluding hydrogens is 723 g/mol. The van der Waals surface area contributed by atoms with E-state index in [4.69, 9.17) is 20.8 Å². The first-order chi connectivity index (χ1) is 29.2. The molecule has 10 aromatic rings. The fraction of sp³-hybridized carbons (Fsp3) is 0.0370. The molecule has 0 radical (unpaired) electrons. The van der Waals surface area contributed by atoms with E-state index in [0.717, 1.165) is 94.2 Å². The Labute approximate surface area is 340 Å². The maximum absolute atomic E-state index is 11.8. The maximum Gasteiger partial charge on any atom is 0.162 e. The van der Waals surface area contributed by atoms with Crippen LogP contribution in [0.25, 0.3) is 83.3 Å². The van der Waals surface area contributed by atoms with E-state index in [1.54, 1.807) is 12.1 Å². The van der Waals surface area contributed by atoms with Gasteiger partial charge >= 0.3 is 0 Å². The van der Waals surface area contributed by atoms with E-state index in [1.165, 1.54) is 0 Å². The van der Waals surface area contributed by atoms with E-state index < -0.39 is 5.41 Å². The standard InChI is InChI=1S/C54H35N3O2/c1-2-3-4-5-18-33-54(41-26-15-16-27-45(41)58)40-25-14-12-23-37(40)49-42(54)30-29-39-50-44(31-32-47-51(50)38-24-13-17-28-46(38)59-47)57(52(39)49)48-34-43(35-19-8-6-9-20-35)55-53(56-48)36-21-10-7-11-22-36/h1,3-32,34,58H,33H2/b4-3-,18-5-. The van der Waals surface area contributed by atoms with Crippen LogP contribution in [0.2, 0.25) is 0 Å². The Balaban J connectivity index is 1.32. The van der Waals surface area contributed by atoms with Gasteiger partial charge in [0.1, 0.15) is 22.7 Å². The molecule has 1 atom stereocenters. The third-order valence-corrected chi connectivity index (χ3v) is 11.8. The molecule has 5 nitrogen and oxygen atoms in total. The van der Waals surface area contributed by atoms with Gasteiger partial charge in [-0.15, -0.1) is 6.42 Å². The lowest BCUT2D eigenvalue weighted by Gasteiger charge is -2.32. The number of furan rings is 1. The van der Waals surface area contributed by atoms with E-state index >= 15 is 0 Å². The van der Waals surface area contributed by atoms with Crippen molar-refractivity contribution >= 4 is 43.7 Å². The minimum absolute atomic E-state index is 0.241. The van der Waals surface area contributed by atoms with Gasteiger partial charge < -0.3 is 9.52 Å². The lowest BCUT2D eigenvalue weighted by Crippen LogP contribution is -2.26. The van der Waals surface area contributed by atoms with Crippen molar-refractivity contribution in [3.63, 3.8) is 0 Å². The summed E-state index contributed by atoms with van der Waals surface area (Å²) < 4.78 is 8.84. The summed E-state index contributed by atoms with van der Waals surface area (Å²) >= 11 is 0. The van der Waals surface area contributed by atoms with Gasteiger partial charge in [0.25, 0.3) is 0 Å². The molecule has 1 N–H and O–H groups in total. The SMILES string of the molecule is C#C/C=C\C=C/CC1(c2ccccc2O)c2ccccc2-c2c1ccc1c3c4c(ccc3n(-c3cc(-c5ccccc5)nc(-c5ccccc5)n3)c21)oc1ccccc14. The third kappa shape index (κ3) is 5.20. The number of hydrogen-bond donors (Lipinski definition) is 1. The van der Waals surface area contributed by atoms with Crippen LogP contribution in [0, 0.1) is 12.3 Å². The molecule has 7 aromatic carbocycles. The molecule has 0 fully saturated rings. The number of para-hydroxylation sites is 2. The van der Waals surface area contributed by atoms with Gasteiger partial charge in [0.15, 0.2) is 5.82 Å². The highest BCUT2D eigenvalue weighted by molar-refractivity contribution is 6.29. The van der Waals surface area contributed by atoms with Gasteiger partial charge in [0.2, 0.25) is 0 Å². The number of rotatable bonds is 7. The number of nitrogens with zero attached hydrogens (tertiary/aromatic N) is 3. The number of aromatic hydroxyl groups is 1. The van der Waals surface area contributed by atoms with E-state index in [9.17, 15) is 5.11 Å². The smallest absolute Gasteiger partial charge is 0.162 e. The van der Waals surface area contributed by atoms with Gasteiger partial charge in [-0.3, -0.25) is 4.57 Å². The Morgan fingerprint density at radius 1 is 0.644 bits per heavy atom. The molecule has 0 bridgehead atoms. The summed E-state index contributed by atoms with van der Waals surface area (Å²) in [5.74, 6) is 4.21. The molecule has 0 aliphatic heterocycles. The topological polar surface area (TPSA) is 64.1 Å². The monoisotopic (exact) mass is 757 g/mol. The van der Waals surface area contributed by atoms with Crippen molar-refractivity contribution in [3.05, 3.63) is 205 Å². The predicted molar refractivity (Wildman–Crippen MR) is 240 cm³/mol. The number of benzene rings is 7. The number of allylic oxidation sites excluding steroid dienone is 4. The van der Waals surface area contributed by atoms with Crippen LogP contribution in [-0.2, 0) is 5.41 Å². The molecule has 59 heavy (non-hydrogen) atoms. The van der Waals surface area contributed by atoms with Crippen molar-refractivity contribution in [1.82, 2.24) is 14.5 Å². The van der Waals surface area contributed by atoms with Gasteiger partial charge in [-0.25, -0.2) is 9.97 Å². The lowest BCUT2D eigenvalue weighted by atomic mass is 9.69. The first-order valence-electron chi connectivity index (χ1n) is 19.7. The first kappa shape index (κ1) is 34.3. The minimum atomic E-state index is -0.735. The van der Waals surface area contributed by atoms with Crippen LogP contribution in [0.5, 0.6) is 5.75 Å². The van der Waals surface area contributed by atoms with E-state index in [0.29, 0.717) is 12.2 Å². The highest BCUT2D eigenvalue weighted by atomic mass is 16.3. The molecule has 0 saturated carbocycles. The highest BCUT2D eigenvalue weighted by Crippen LogP contribution is 2.59. The van der Waals surface area contributed by atoms with Crippen molar-refractivity contribution in [2.24, 2.45) is 0 Å². The van der Waals surface area contributed by atoms with Crippen LogP contribution in [-0.4, -0.2) is 19.6 Å². The zero-order valence-corrected chi connectivity index (χ0v) is 31.9. The number of phenolic OH excluding ortho intramolecular Hbond substituents is 1. The van der Waals surface area contributed by atoms with Crippen LogP contribution in [0.3, 0.4) is 0 Å². The molecule has 11 rings (SSSR count). The summed E-state index contributed by atoms with van der Waals surface area (Å²) in [4.78, 5) is 10.6. The van der Waals surface area contributed by atoms with Gasteiger partial charge in [0.05, 0.1) is 22.1 Å². The molecule has 0 amide bonds. The number of fused-ring (bicyclic) bond motifs is 11. The van der Waals surface area contributed by atoms with Crippen LogP contribution >= 0.6 is 0 Å². The molecule has 1 unspecified atom stereocenters. The summed E-state index contributed by atoms with van der Waals surface area (Å²) in [5.41, 5.74) is 10.9. The van der Waals surface area contributed by atoms with E-state index in [1.807, 2.05) is 72.8 Å². The average molecular weight is 758 g/mol. The molecule has 1 aliphatic rings. The summed E-state index contributed by atoms with van der Waals surface area (Å²) in [5, 5.41) is 16.0. The minimum Gasteiger partial charge on any atom is -0.508 e. The van der Waals surface area contributed by atoms with Crippen molar-refractivity contribution < 1.29 is 9.52 Å². The molecule has 0 saturated heterocycles. The average Bonchev–Trinajstić information content (AvgIpc) is 3.93.